The maximum Gasteiger partial charge on any atom is 0.142 e. The molecule has 1 unspecified atom stereocenters. The van der Waals surface area contributed by atoms with Crippen molar-refractivity contribution in [3.05, 3.63) is 18.6 Å². The van der Waals surface area contributed by atoms with Gasteiger partial charge in [-0.15, -0.1) is 0 Å². The molecule has 1 fully saturated rings. The van der Waals surface area contributed by atoms with Crippen molar-refractivity contribution in [3.8, 4) is 0 Å². The predicted octanol–water partition coefficient (Wildman–Crippen LogP) is 1.51. The number of aromatic nitrogens is 3. The van der Waals surface area contributed by atoms with Crippen LogP contribution in [0.4, 0.5) is 5.82 Å². The fourth-order valence-corrected chi connectivity index (χ4v) is 2.30. The van der Waals surface area contributed by atoms with Gasteiger partial charge in [0.15, 0.2) is 0 Å². The molecule has 0 aromatic carbocycles. The van der Waals surface area contributed by atoms with Gasteiger partial charge >= 0.3 is 0 Å². The number of aromatic amines is 1. The van der Waals surface area contributed by atoms with Crippen molar-refractivity contribution in [3.63, 3.8) is 0 Å². The van der Waals surface area contributed by atoms with Crippen LogP contribution in [0.3, 0.4) is 0 Å². The molecule has 0 spiro atoms. The Labute approximate surface area is 100 Å². The highest BCUT2D eigenvalue weighted by Crippen LogP contribution is 2.20. The first kappa shape index (κ1) is 10.5. The molecular formula is C12H17N5. The molecule has 3 heterocycles. The van der Waals surface area contributed by atoms with Gasteiger partial charge in [-0.3, -0.25) is 0 Å². The third kappa shape index (κ3) is 2.10. The summed E-state index contributed by atoms with van der Waals surface area (Å²) in [7, 11) is 0. The molecule has 90 valence electrons. The number of rotatable bonds is 2. The third-order valence-corrected chi connectivity index (χ3v) is 3.36. The van der Waals surface area contributed by atoms with E-state index in [9.17, 15) is 0 Å². The van der Waals surface area contributed by atoms with Crippen LogP contribution in [0.15, 0.2) is 18.6 Å². The molecule has 0 amide bonds. The fourth-order valence-electron chi connectivity index (χ4n) is 2.30. The van der Waals surface area contributed by atoms with E-state index >= 15 is 0 Å². The molecule has 0 aliphatic carbocycles. The molecule has 17 heavy (non-hydrogen) atoms. The summed E-state index contributed by atoms with van der Waals surface area (Å²) in [5, 5.41) is 8.04. The number of fused-ring (bicyclic) bond motifs is 1. The highest BCUT2D eigenvalue weighted by Gasteiger charge is 2.18. The first-order valence-electron chi connectivity index (χ1n) is 6.11. The van der Waals surface area contributed by atoms with Gasteiger partial charge in [-0.1, -0.05) is 0 Å². The quantitative estimate of drug-likeness (QED) is 0.733. The van der Waals surface area contributed by atoms with Crippen molar-refractivity contribution in [1.82, 2.24) is 20.3 Å². The van der Waals surface area contributed by atoms with E-state index in [1.165, 1.54) is 12.8 Å². The molecule has 3 N–H and O–H groups in total. The van der Waals surface area contributed by atoms with Gasteiger partial charge in [0.1, 0.15) is 17.8 Å². The molecule has 5 nitrogen and oxygen atoms in total. The van der Waals surface area contributed by atoms with E-state index in [4.69, 9.17) is 0 Å². The predicted molar refractivity (Wildman–Crippen MR) is 68.0 cm³/mol. The lowest BCUT2D eigenvalue weighted by Gasteiger charge is -2.28. The van der Waals surface area contributed by atoms with E-state index in [1.54, 1.807) is 6.33 Å². The van der Waals surface area contributed by atoms with Crippen LogP contribution in [0.2, 0.25) is 0 Å². The molecule has 0 radical (unpaired) electrons. The molecule has 2 aromatic heterocycles. The van der Waals surface area contributed by atoms with E-state index in [0.29, 0.717) is 12.1 Å². The topological polar surface area (TPSA) is 65.6 Å². The van der Waals surface area contributed by atoms with Gasteiger partial charge in [-0.2, -0.15) is 0 Å². The van der Waals surface area contributed by atoms with Crippen molar-refractivity contribution in [1.29, 1.82) is 0 Å². The SMILES string of the molecule is C[C@H]1CCC(Nc2ncnc3[nH]ccc23)CN1. The second-order valence-corrected chi connectivity index (χ2v) is 4.69. The Bertz CT molecular complexity index is 498. The normalized spacial score (nSPS) is 25.0. The van der Waals surface area contributed by atoms with Gasteiger partial charge in [0.05, 0.1) is 5.39 Å². The summed E-state index contributed by atoms with van der Waals surface area (Å²) in [5.74, 6) is 0.928. The lowest BCUT2D eigenvalue weighted by atomic mass is 10.0. The number of anilines is 1. The van der Waals surface area contributed by atoms with Gasteiger partial charge < -0.3 is 15.6 Å². The maximum absolute atomic E-state index is 4.32. The third-order valence-electron chi connectivity index (χ3n) is 3.36. The number of piperidine rings is 1. The largest absolute Gasteiger partial charge is 0.365 e. The summed E-state index contributed by atoms with van der Waals surface area (Å²) in [6.45, 7) is 3.22. The van der Waals surface area contributed by atoms with Gasteiger partial charge in [0.25, 0.3) is 0 Å². The molecule has 2 atom stereocenters. The Kier molecular flexibility index (Phi) is 2.68. The van der Waals surface area contributed by atoms with E-state index in [2.05, 4.69) is 32.5 Å². The second-order valence-electron chi connectivity index (χ2n) is 4.69. The van der Waals surface area contributed by atoms with Crippen molar-refractivity contribution < 1.29 is 0 Å². The molecule has 2 aromatic rings. The lowest BCUT2D eigenvalue weighted by molar-refractivity contribution is 0.398. The minimum atomic E-state index is 0.458. The zero-order valence-corrected chi connectivity index (χ0v) is 9.90. The fraction of sp³-hybridized carbons (Fsp3) is 0.500. The van der Waals surface area contributed by atoms with Crippen LogP contribution in [0, 0.1) is 0 Å². The highest BCUT2D eigenvalue weighted by molar-refractivity contribution is 5.86. The Morgan fingerprint density at radius 1 is 1.35 bits per heavy atom. The van der Waals surface area contributed by atoms with Crippen LogP contribution in [0.25, 0.3) is 11.0 Å². The van der Waals surface area contributed by atoms with Crippen molar-refractivity contribution in [2.75, 3.05) is 11.9 Å². The second kappa shape index (κ2) is 4.33. The maximum atomic E-state index is 4.32. The number of hydrogen-bond donors (Lipinski definition) is 3. The monoisotopic (exact) mass is 231 g/mol. The van der Waals surface area contributed by atoms with Gasteiger partial charge in [0, 0.05) is 24.8 Å². The van der Waals surface area contributed by atoms with Crippen LogP contribution >= 0.6 is 0 Å². The van der Waals surface area contributed by atoms with E-state index in [-0.39, 0.29) is 0 Å². The number of H-pyrrole nitrogens is 1. The molecule has 0 saturated carbocycles. The summed E-state index contributed by atoms with van der Waals surface area (Å²) in [5.41, 5.74) is 0.889. The molecule has 3 rings (SSSR count). The zero-order chi connectivity index (χ0) is 11.7. The minimum absolute atomic E-state index is 0.458. The molecule has 1 saturated heterocycles. The molecule has 5 heteroatoms. The molecule has 0 bridgehead atoms. The van der Waals surface area contributed by atoms with Crippen LogP contribution in [0.5, 0.6) is 0 Å². The summed E-state index contributed by atoms with van der Waals surface area (Å²) in [4.78, 5) is 11.6. The summed E-state index contributed by atoms with van der Waals surface area (Å²) < 4.78 is 0. The van der Waals surface area contributed by atoms with E-state index in [0.717, 1.165) is 23.4 Å². The highest BCUT2D eigenvalue weighted by atomic mass is 15.1. The standard InChI is InChI=1S/C12H17N5/c1-8-2-3-9(6-14-8)17-12-10-4-5-13-11(10)15-7-16-12/h4-5,7-9,14H,2-3,6H2,1H3,(H2,13,15,16,17)/t8-,9?/m0/s1. The zero-order valence-electron chi connectivity index (χ0n) is 9.90. The summed E-state index contributed by atoms with van der Waals surface area (Å²) >= 11 is 0. The minimum Gasteiger partial charge on any atom is -0.365 e. The van der Waals surface area contributed by atoms with Crippen LogP contribution in [-0.2, 0) is 0 Å². The van der Waals surface area contributed by atoms with E-state index < -0.39 is 0 Å². The molecular weight excluding hydrogens is 214 g/mol. The summed E-state index contributed by atoms with van der Waals surface area (Å²) in [6.07, 6.45) is 5.88. The van der Waals surface area contributed by atoms with Gasteiger partial charge in [-0.25, -0.2) is 9.97 Å². The van der Waals surface area contributed by atoms with Crippen LogP contribution in [-0.4, -0.2) is 33.6 Å². The molecule has 1 aliphatic rings. The van der Waals surface area contributed by atoms with Gasteiger partial charge in [0.2, 0.25) is 0 Å². The number of hydrogen-bond acceptors (Lipinski definition) is 4. The Morgan fingerprint density at radius 3 is 3.12 bits per heavy atom. The van der Waals surface area contributed by atoms with Gasteiger partial charge in [-0.05, 0) is 25.8 Å². The first-order valence-corrected chi connectivity index (χ1v) is 6.11. The van der Waals surface area contributed by atoms with Crippen LogP contribution < -0.4 is 10.6 Å². The Morgan fingerprint density at radius 2 is 2.29 bits per heavy atom. The van der Waals surface area contributed by atoms with Crippen molar-refractivity contribution >= 4 is 16.9 Å². The van der Waals surface area contributed by atoms with Crippen molar-refractivity contribution in [2.24, 2.45) is 0 Å². The smallest absolute Gasteiger partial charge is 0.142 e. The average Bonchev–Trinajstić information content (AvgIpc) is 2.81. The van der Waals surface area contributed by atoms with Crippen molar-refractivity contribution in [2.45, 2.75) is 31.8 Å². The number of nitrogens with zero attached hydrogens (tertiary/aromatic N) is 2. The van der Waals surface area contributed by atoms with Crippen LogP contribution in [0.1, 0.15) is 19.8 Å². The number of nitrogens with one attached hydrogen (secondary N) is 3. The van der Waals surface area contributed by atoms with E-state index in [1.807, 2.05) is 12.3 Å². The Balaban J connectivity index is 1.78. The molecule has 1 aliphatic heterocycles. The Hall–Kier alpha value is -1.62. The lowest BCUT2D eigenvalue weighted by Crippen LogP contribution is -2.43. The first-order chi connectivity index (χ1) is 8.33. The average molecular weight is 231 g/mol. The summed E-state index contributed by atoms with van der Waals surface area (Å²) in [6, 6.07) is 3.10.